The van der Waals surface area contributed by atoms with Crippen LogP contribution in [0.5, 0.6) is 17.2 Å². The number of aromatic nitrogens is 1. The standard InChI is InChI=1S/C22H17N3O8S2/c1-32-12-7-9(8-13(33-2)16(12)26)14-15-18(34-19-17(14)35-22(29)23-19)21(28)24(20(15)27)10-3-5-11(6-4-10)25(30)31/h3-8,14-15,18,26H,1-2H3,(H,23,29)/t14-,15?,18?/m1/s1. The number of aromatic amines is 1. The van der Waals surface area contributed by atoms with Crippen molar-refractivity contribution in [2.75, 3.05) is 19.1 Å². The first-order valence-corrected chi connectivity index (χ1v) is 11.9. The lowest BCUT2D eigenvalue weighted by molar-refractivity contribution is -0.384. The molecule has 0 spiro atoms. The van der Waals surface area contributed by atoms with E-state index in [0.717, 1.165) is 28.0 Å². The minimum atomic E-state index is -0.874. The number of carbonyl (C=O) groups excluding carboxylic acids is 2. The summed E-state index contributed by atoms with van der Waals surface area (Å²) in [6.07, 6.45) is 0. The first-order chi connectivity index (χ1) is 16.7. The number of nitrogens with zero attached hydrogens (tertiary/aromatic N) is 2. The fraction of sp³-hybridized carbons (Fsp3) is 0.227. The van der Waals surface area contributed by atoms with Crippen molar-refractivity contribution in [2.45, 2.75) is 16.2 Å². The number of methoxy groups -OCH3 is 2. The number of ether oxygens (including phenoxy) is 2. The summed E-state index contributed by atoms with van der Waals surface area (Å²) in [5.41, 5.74) is 0.576. The highest BCUT2D eigenvalue weighted by atomic mass is 32.2. The number of amides is 2. The largest absolute Gasteiger partial charge is 0.502 e. The fourth-order valence-electron chi connectivity index (χ4n) is 4.45. The van der Waals surface area contributed by atoms with Gasteiger partial charge in [-0.25, -0.2) is 4.90 Å². The molecule has 2 aliphatic rings. The zero-order valence-electron chi connectivity index (χ0n) is 18.2. The Hall–Kier alpha value is -3.84. The summed E-state index contributed by atoms with van der Waals surface area (Å²) in [6.45, 7) is 0. The van der Waals surface area contributed by atoms with Crippen LogP contribution in [0.4, 0.5) is 11.4 Å². The summed E-state index contributed by atoms with van der Waals surface area (Å²) in [5, 5.41) is 21.0. The molecule has 3 heterocycles. The van der Waals surface area contributed by atoms with Crippen molar-refractivity contribution in [2.24, 2.45) is 5.92 Å². The molecule has 0 bridgehead atoms. The van der Waals surface area contributed by atoms with E-state index >= 15 is 0 Å². The minimum Gasteiger partial charge on any atom is -0.502 e. The predicted octanol–water partition coefficient (Wildman–Crippen LogP) is 2.86. The Bertz CT molecular complexity index is 1410. The number of nitrogens with one attached hydrogen (secondary N) is 1. The Kier molecular flexibility index (Phi) is 5.52. The van der Waals surface area contributed by atoms with Gasteiger partial charge in [0, 0.05) is 22.9 Å². The SMILES string of the molecule is COc1cc([C@H]2c3sc(=O)[nH]c3SC3C(=O)N(c4ccc([N+](=O)[O-])cc4)C(=O)C32)cc(OC)c1O. The van der Waals surface area contributed by atoms with Gasteiger partial charge >= 0.3 is 4.87 Å². The lowest BCUT2D eigenvalue weighted by atomic mass is 9.83. The molecule has 180 valence electrons. The van der Waals surface area contributed by atoms with Crippen LogP contribution < -0.4 is 19.2 Å². The van der Waals surface area contributed by atoms with Crippen molar-refractivity contribution in [1.29, 1.82) is 0 Å². The van der Waals surface area contributed by atoms with Crippen molar-refractivity contribution < 1.29 is 29.1 Å². The Labute approximate surface area is 205 Å². The van der Waals surface area contributed by atoms with Gasteiger partial charge in [0.05, 0.1) is 35.8 Å². The van der Waals surface area contributed by atoms with Crippen molar-refractivity contribution in [3.05, 3.63) is 66.6 Å². The van der Waals surface area contributed by atoms with Gasteiger partial charge in [0.25, 0.3) is 5.69 Å². The van der Waals surface area contributed by atoms with Crippen molar-refractivity contribution >= 4 is 46.3 Å². The molecule has 35 heavy (non-hydrogen) atoms. The molecule has 0 aliphatic carbocycles. The number of non-ortho nitro benzene ring substituents is 1. The number of H-pyrrole nitrogens is 1. The lowest BCUT2D eigenvalue weighted by Crippen LogP contribution is -2.32. The number of aromatic hydroxyl groups is 1. The Morgan fingerprint density at radius 2 is 1.69 bits per heavy atom. The molecule has 0 saturated carbocycles. The second kappa shape index (κ2) is 8.43. The van der Waals surface area contributed by atoms with Crippen LogP contribution in [-0.4, -0.2) is 46.3 Å². The maximum absolute atomic E-state index is 13.7. The van der Waals surface area contributed by atoms with Crippen LogP contribution in [-0.2, 0) is 9.59 Å². The molecular formula is C22H17N3O8S2. The molecule has 1 saturated heterocycles. The monoisotopic (exact) mass is 515 g/mol. The van der Waals surface area contributed by atoms with Crippen LogP contribution in [0.3, 0.4) is 0 Å². The molecule has 2 N–H and O–H groups in total. The van der Waals surface area contributed by atoms with E-state index < -0.39 is 33.8 Å². The molecule has 5 rings (SSSR count). The quantitative estimate of drug-likeness (QED) is 0.297. The summed E-state index contributed by atoms with van der Waals surface area (Å²) in [5.74, 6) is -2.55. The molecule has 3 aromatic rings. The number of thiazole rings is 1. The number of phenolic OH excluding ortho intramolecular Hbond substituents is 1. The van der Waals surface area contributed by atoms with E-state index in [0.29, 0.717) is 15.5 Å². The molecule has 13 heteroatoms. The van der Waals surface area contributed by atoms with Crippen LogP contribution in [0, 0.1) is 16.0 Å². The number of hydrogen-bond acceptors (Lipinski definition) is 10. The van der Waals surface area contributed by atoms with Gasteiger partial charge in [-0.3, -0.25) is 24.5 Å². The van der Waals surface area contributed by atoms with Gasteiger partial charge in [-0.1, -0.05) is 23.1 Å². The van der Waals surface area contributed by atoms with E-state index in [1.54, 1.807) is 12.1 Å². The molecule has 11 nitrogen and oxygen atoms in total. The van der Waals surface area contributed by atoms with Crippen LogP contribution in [0.1, 0.15) is 16.4 Å². The zero-order valence-corrected chi connectivity index (χ0v) is 19.8. The van der Waals surface area contributed by atoms with E-state index in [1.165, 1.54) is 38.5 Å². The summed E-state index contributed by atoms with van der Waals surface area (Å²) < 4.78 is 10.5. The zero-order chi connectivity index (χ0) is 25.0. The third-order valence-electron chi connectivity index (χ3n) is 6.00. The molecule has 2 unspecified atom stereocenters. The van der Waals surface area contributed by atoms with Crippen molar-refractivity contribution in [1.82, 2.24) is 4.98 Å². The van der Waals surface area contributed by atoms with Gasteiger partial charge < -0.3 is 19.6 Å². The molecular weight excluding hydrogens is 498 g/mol. The van der Waals surface area contributed by atoms with Crippen LogP contribution in [0.15, 0.2) is 46.2 Å². The Morgan fingerprint density at radius 1 is 1.06 bits per heavy atom. The first kappa shape index (κ1) is 22.9. The summed E-state index contributed by atoms with van der Waals surface area (Å²) in [6, 6.07) is 8.27. The van der Waals surface area contributed by atoms with E-state index in [1.807, 2.05) is 0 Å². The van der Waals surface area contributed by atoms with Gasteiger partial charge in [0.1, 0.15) is 5.25 Å². The van der Waals surface area contributed by atoms with Gasteiger partial charge in [-0.05, 0) is 29.8 Å². The molecule has 2 aromatic carbocycles. The molecule has 0 radical (unpaired) electrons. The normalized spacial score (nSPS) is 21.0. The maximum Gasteiger partial charge on any atom is 0.305 e. The number of thioether (sulfide) groups is 1. The smallest absolute Gasteiger partial charge is 0.305 e. The number of fused-ring (bicyclic) bond motifs is 2. The highest BCUT2D eigenvalue weighted by molar-refractivity contribution is 8.00. The van der Waals surface area contributed by atoms with E-state index in [9.17, 15) is 29.6 Å². The van der Waals surface area contributed by atoms with Gasteiger partial charge in [-0.2, -0.15) is 0 Å². The van der Waals surface area contributed by atoms with E-state index in [2.05, 4.69) is 4.98 Å². The number of phenols is 1. The highest BCUT2D eigenvalue weighted by Crippen LogP contribution is 2.54. The number of anilines is 1. The van der Waals surface area contributed by atoms with Gasteiger partial charge in [-0.15, -0.1) is 0 Å². The van der Waals surface area contributed by atoms with Crippen LogP contribution in [0.2, 0.25) is 0 Å². The molecule has 1 fully saturated rings. The molecule has 1 aromatic heterocycles. The predicted molar refractivity (Wildman–Crippen MR) is 127 cm³/mol. The Balaban J connectivity index is 1.65. The molecule has 2 amide bonds. The van der Waals surface area contributed by atoms with E-state index in [-0.39, 0.29) is 33.5 Å². The third-order valence-corrected chi connectivity index (χ3v) is 8.41. The number of nitro groups is 1. The van der Waals surface area contributed by atoms with E-state index in [4.69, 9.17) is 9.47 Å². The highest BCUT2D eigenvalue weighted by Gasteiger charge is 2.56. The summed E-state index contributed by atoms with van der Waals surface area (Å²) >= 11 is 2.06. The molecule has 2 aliphatic heterocycles. The summed E-state index contributed by atoms with van der Waals surface area (Å²) in [7, 11) is 2.75. The van der Waals surface area contributed by atoms with Crippen molar-refractivity contribution in [3.8, 4) is 17.2 Å². The topological polar surface area (TPSA) is 152 Å². The lowest BCUT2D eigenvalue weighted by Gasteiger charge is -2.30. The second-order valence-electron chi connectivity index (χ2n) is 7.81. The number of hydrogen-bond donors (Lipinski definition) is 2. The first-order valence-electron chi connectivity index (χ1n) is 10.2. The maximum atomic E-state index is 13.7. The van der Waals surface area contributed by atoms with Gasteiger partial charge in [0.15, 0.2) is 11.5 Å². The average molecular weight is 516 g/mol. The number of imide groups is 1. The number of rotatable bonds is 5. The fourth-order valence-corrected chi connectivity index (χ4v) is 6.96. The van der Waals surface area contributed by atoms with Crippen molar-refractivity contribution in [3.63, 3.8) is 0 Å². The number of carbonyl (C=O) groups is 2. The number of benzene rings is 2. The second-order valence-corrected chi connectivity index (χ2v) is 9.98. The molecule has 3 atom stereocenters. The van der Waals surface area contributed by atoms with Crippen LogP contribution in [0.25, 0.3) is 0 Å². The van der Waals surface area contributed by atoms with Gasteiger partial charge in [0.2, 0.25) is 17.6 Å². The number of nitro benzene ring substituents is 1. The Morgan fingerprint density at radius 3 is 2.26 bits per heavy atom. The minimum absolute atomic E-state index is 0.113. The average Bonchev–Trinajstić information content (AvgIpc) is 3.33. The third kappa shape index (κ3) is 3.54. The summed E-state index contributed by atoms with van der Waals surface area (Å²) in [4.78, 5) is 53.8. The van der Waals surface area contributed by atoms with Crippen LogP contribution >= 0.6 is 23.1 Å².